The average molecular weight is 514 g/mol. The number of Topliss-reactive ketones (excluding diaryl/α,β-unsaturated/α-hetero) is 1. The average Bonchev–Trinajstić information content (AvgIpc) is 3.28. The third kappa shape index (κ3) is 5.59. The Bertz CT molecular complexity index is 1230. The lowest BCUT2D eigenvalue weighted by atomic mass is 10.1. The van der Waals surface area contributed by atoms with E-state index in [2.05, 4.69) is 15.9 Å². The Labute approximate surface area is 210 Å². The van der Waals surface area contributed by atoms with Gasteiger partial charge in [-0.05, 0) is 18.9 Å². The van der Waals surface area contributed by atoms with Crippen molar-refractivity contribution < 1.29 is 38.7 Å². The first-order valence-corrected chi connectivity index (χ1v) is 11.7. The molecule has 0 radical (unpaired) electrons. The number of aromatic nitrogens is 1. The fraction of sp³-hybridized carbons (Fsp3) is 0.391. The molecular formula is C23H26N6O8. The number of benzene rings is 1. The van der Waals surface area contributed by atoms with Gasteiger partial charge >= 0.3 is 12.0 Å². The van der Waals surface area contributed by atoms with E-state index in [9.17, 15) is 28.8 Å². The number of fused-ring (bicyclic) bond motifs is 2. The monoisotopic (exact) mass is 514 g/mol. The molecule has 4 N–H and O–H groups in total. The summed E-state index contributed by atoms with van der Waals surface area (Å²) in [5.74, 6) is -2.79. The predicted octanol–water partition coefficient (Wildman–Crippen LogP) is -0.0211. The number of ketones is 1. The Morgan fingerprint density at radius 1 is 1.22 bits per heavy atom. The molecule has 4 rings (SSSR count). The van der Waals surface area contributed by atoms with E-state index >= 15 is 0 Å². The number of carbonyl (C=O) groups is 6. The van der Waals surface area contributed by atoms with Gasteiger partial charge in [-0.1, -0.05) is 18.2 Å². The fourth-order valence-electron chi connectivity index (χ4n) is 4.35. The number of aliphatic carboxylic acids is 1. The molecule has 196 valence electrons. The van der Waals surface area contributed by atoms with Crippen molar-refractivity contribution >= 4 is 46.8 Å². The number of nitrogens with one attached hydrogen (secondary N) is 3. The van der Waals surface area contributed by atoms with Crippen LogP contribution in [-0.2, 0) is 24.0 Å². The van der Waals surface area contributed by atoms with Crippen molar-refractivity contribution in [2.75, 3.05) is 19.7 Å². The van der Waals surface area contributed by atoms with E-state index in [4.69, 9.17) is 9.94 Å². The van der Waals surface area contributed by atoms with Gasteiger partial charge in [-0.2, -0.15) is 0 Å². The zero-order valence-electron chi connectivity index (χ0n) is 19.7. The van der Waals surface area contributed by atoms with Gasteiger partial charge in [0.05, 0.1) is 19.0 Å². The van der Waals surface area contributed by atoms with Gasteiger partial charge < -0.3 is 20.2 Å². The number of H-pyrrole nitrogens is 1. The molecule has 2 aromatic rings. The number of nitrogens with zero attached hydrogens (tertiary/aromatic N) is 3. The van der Waals surface area contributed by atoms with Crippen LogP contribution in [0.3, 0.4) is 0 Å². The molecule has 0 spiro atoms. The van der Waals surface area contributed by atoms with Crippen molar-refractivity contribution in [2.24, 2.45) is 0 Å². The third-order valence-electron chi connectivity index (χ3n) is 6.12. The summed E-state index contributed by atoms with van der Waals surface area (Å²) < 4.78 is 0. The number of hydrogen-bond donors (Lipinski definition) is 4. The molecule has 4 amide bonds. The Morgan fingerprint density at radius 2 is 2.00 bits per heavy atom. The van der Waals surface area contributed by atoms with E-state index in [1.807, 2.05) is 12.1 Å². The van der Waals surface area contributed by atoms with E-state index in [0.717, 1.165) is 20.9 Å². The van der Waals surface area contributed by atoms with Gasteiger partial charge in [0.15, 0.2) is 5.78 Å². The van der Waals surface area contributed by atoms with Crippen LogP contribution in [-0.4, -0.2) is 92.8 Å². The second-order valence-corrected chi connectivity index (χ2v) is 8.60. The van der Waals surface area contributed by atoms with E-state index in [-0.39, 0.29) is 31.7 Å². The molecule has 2 saturated heterocycles. The number of carboxylic acid groups (broad SMARTS) is 1. The molecule has 1 aromatic carbocycles. The van der Waals surface area contributed by atoms with E-state index in [1.54, 1.807) is 18.3 Å². The number of hydrazine groups is 2. The highest BCUT2D eigenvalue weighted by atomic mass is 16.7. The molecule has 14 heteroatoms. The molecule has 2 aliphatic heterocycles. The Balaban J connectivity index is 1.43. The highest BCUT2D eigenvalue weighted by Crippen LogP contribution is 2.24. The van der Waals surface area contributed by atoms with Crippen molar-refractivity contribution in [2.45, 2.75) is 37.8 Å². The lowest BCUT2D eigenvalue weighted by Gasteiger charge is -2.42. The largest absolute Gasteiger partial charge is 0.481 e. The quantitative estimate of drug-likeness (QED) is 0.192. The minimum Gasteiger partial charge on any atom is -0.481 e. The number of carboxylic acids is 1. The second kappa shape index (κ2) is 11.2. The molecule has 0 unspecified atom stereocenters. The maximum absolute atomic E-state index is 13.3. The third-order valence-corrected chi connectivity index (χ3v) is 6.12. The first-order chi connectivity index (χ1) is 17.8. The van der Waals surface area contributed by atoms with Crippen LogP contribution in [0.15, 0.2) is 30.5 Å². The van der Waals surface area contributed by atoms with Crippen molar-refractivity contribution in [3.05, 3.63) is 36.0 Å². The maximum atomic E-state index is 13.3. The molecule has 37 heavy (non-hydrogen) atoms. The van der Waals surface area contributed by atoms with Crippen molar-refractivity contribution in [3.8, 4) is 0 Å². The number of aromatic amines is 1. The van der Waals surface area contributed by atoms with Crippen LogP contribution in [0, 0.1) is 0 Å². The van der Waals surface area contributed by atoms with Crippen molar-refractivity contribution in [1.29, 1.82) is 0 Å². The summed E-state index contributed by atoms with van der Waals surface area (Å²) in [4.78, 5) is 82.0. The summed E-state index contributed by atoms with van der Waals surface area (Å²) in [5.41, 5.74) is 3.61. The molecule has 0 saturated carbocycles. The van der Waals surface area contributed by atoms with Crippen molar-refractivity contribution in [1.82, 2.24) is 30.9 Å². The molecule has 1 aromatic heterocycles. The number of aldehydes is 1. The molecule has 2 atom stereocenters. The smallest absolute Gasteiger partial charge is 0.355 e. The molecule has 0 aliphatic carbocycles. The first-order valence-electron chi connectivity index (χ1n) is 11.7. The molecule has 0 bridgehead atoms. The number of rotatable bonds is 10. The lowest BCUT2D eigenvalue weighted by molar-refractivity contribution is -0.156. The highest BCUT2D eigenvalue weighted by molar-refractivity contribution is 6.08. The van der Waals surface area contributed by atoms with Gasteiger partial charge in [0.2, 0.25) is 11.8 Å². The maximum Gasteiger partial charge on any atom is 0.355 e. The summed E-state index contributed by atoms with van der Waals surface area (Å²) in [6.45, 7) is -0.298. The number of urea groups is 1. The Kier molecular flexibility index (Phi) is 7.79. The zero-order valence-corrected chi connectivity index (χ0v) is 19.7. The van der Waals surface area contributed by atoms with Crippen LogP contribution in [0.1, 0.15) is 36.0 Å². The van der Waals surface area contributed by atoms with Crippen LogP contribution < -0.4 is 10.9 Å². The van der Waals surface area contributed by atoms with Gasteiger partial charge in [-0.25, -0.2) is 19.8 Å². The van der Waals surface area contributed by atoms with Crippen LogP contribution in [0.5, 0.6) is 0 Å². The summed E-state index contributed by atoms with van der Waals surface area (Å²) in [6, 6.07) is 4.04. The molecule has 2 aliphatic rings. The normalized spacial score (nSPS) is 18.8. The van der Waals surface area contributed by atoms with Gasteiger partial charge in [-0.15, -0.1) is 5.59 Å². The molecular weight excluding hydrogens is 488 g/mol. The molecule has 14 nitrogen and oxygen atoms in total. The summed E-state index contributed by atoms with van der Waals surface area (Å²) in [7, 11) is 0. The van der Waals surface area contributed by atoms with Gasteiger partial charge in [-0.3, -0.25) is 24.0 Å². The summed E-state index contributed by atoms with van der Waals surface area (Å²) in [6.07, 6.45) is 1.78. The number of para-hydroxylation sites is 1. The van der Waals surface area contributed by atoms with Crippen LogP contribution in [0.25, 0.3) is 10.9 Å². The zero-order chi connectivity index (χ0) is 26.5. The summed E-state index contributed by atoms with van der Waals surface area (Å²) >= 11 is 0. The standard InChI is InChI=1S/C23H26N6O8/c30-12-14(10-21(33)34)25-22(35)18-6-3-8-28-20(32)7-9-27(23(36)29(18)28)26-37-13-19(31)16-11-24-17-5-2-1-4-15(16)17/h1-2,4-5,11-12,14,18,24,26H,3,6-10,13H2,(H,25,35)(H,33,34)/t14-,18-/m0/s1. The summed E-state index contributed by atoms with van der Waals surface area (Å²) in [5, 5.41) is 15.1. The Hall–Kier alpha value is -4.30. The topological polar surface area (TPSA) is 181 Å². The number of hydrogen-bond acceptors (Lipinski definition) is 8. The van der Waals surface area contributed by atoms with E-state index < -0.39 is 48.9 Å². The minimum atomic E-state index is -1.29. The number of carbonyl (C=O) groups excluding carboxylic acids is 5. The predicted molar refractivity (Wildman–Crippen MR) is 125 cm³/mol. The van der Waals surface area contributed by atoms with E-state index in [1.165, 1.54) is 5.01 Å². The van der Waals surface area contributed by atoms with Crippen LogP contribution in [0.2, 0.25) is 0 Å². The lowest BCUT2D eigenvalue weighted by Crippen LogP contribution is -2.64. The highest BCUT2D eigenvalue weighted by Gasteiger charge is 2.44. The van der Waals surface area contributed by atoms with Gasteiger partial charge in [0.25, 0.3) is 0 Å². The van der Waals surface area contributed by atoms with Crippen LogP contribution in [0.4, 0.5) is 4.79 Å². The molecule has 3 heterocycles. The minimum absolute atomic E-state index is 0.0701. The van der Waals surface area contributed by atoms with Gasteiger partial charge in [0.1, 0.15) is 18.9 Å². The first kappa shape index (κ1) is 25.8. The second-order valence-electron chi connectivity index (χ2n) is 8.60. The molecule has 2 fully saturated rings. The number of amides is 4. The van der Waals surface area contributed by atoms with E-state index in [0.29, 0.717) is 18.3 Å². The van der Waals surface area contributed by atoms with Crippen LogP contribution >= 0.6 is 0 Å². The van der Waals surface area contributed by atoms with Gasteiger partial charge in [0, 0.05) is 35.6 Å². The fourth-order valence-corrected chi connectivity index (χ4v) is 4.35. The Morgan fingerprint density at radius 3 is 2.76 bits per heavy atom. The SMILES string of the molecule is O=C[C@H](CC(=O)O)NC(=O)[C@@H]1CCCN2C(=O)CCN(NOCC(=O)c3c[nH]c4ccccc34)C(=O)N12. The van der Waals surface area contributed by atoms with Crippen molar-refractivity contribution in [3.63, 3.8) is 0 Å².